The van der Waals surface area contributed by atoms with Gasteiger partial charge in [-0.05, 0) is 49.7 Å². The second-order valence-corrected chi connectivity index (χ2v) is 5.27. The van der Waals surface area contributed by atoms with E-state index in [2.05, 4.69) is 10.6 Å². The fraction of sp³-hybridized carbons (Fsp3) is 0.462. The number of thiocarbonyl (C=S) groups is 1. The van der Waals surface area contributed by atoms with Crippen LogP contribution in [0.4, 0.5) is 5.69 Å². The molecule has 5 heteroatoms. The number of benzene rings is 1. The maximum atomic E-state index is 5.96. The van der Waals surface area contributed by atoms with Crippen molar-refractivity contribution in [3.05, 3.63) is 28.8 Å². The van der Waals surface area contributed by atoms with E-state index in [1.807, 2.05) is 25.1 Å². The van der Waals surface area contributed by atoms with Crippen molar-refractivity contribution in [1.29, 1.82) is 0 Å². The van der Waals surface area contributed by atoms with Crippen LogP contribution < -0.4 is 10.6 Å². The Morgan fingerprint density at radius 3 is 3.11 bits per heavy atom. The van der Waals surface area contributed by atoms with Gasteiger partial charge in [0.15, 0.2) is 5.11 Å². The zero-order chi connectivity index (χ0) is 13.0. The minimum Gasteiger partial charge on any atom is -0.376 e. The van der Waals surface area contributed by atoms with Crippen molar-refractivity contribution in [2.45, 2.75) is 25.9 Å². The minimum absolute atomic E-state index is 0.283. The monoisotopic (exact) mass is 284 g/mol. The summed E-state index contributed by atoms with van der Waals surface area (Å²) in [6, 6.07) is 5.70. The molecule has 3 nitrogen and oxygen atoms in total. The van der Waals surface area contributed by atoms with Gasteiger partial charge < -0.3 is 15.4 Å². The van der Waals surface area contributed by atoms with Gasteiger partial charge in [0.2, 0.25) is 0 Å². The quantitative estimate of drug-likeness (QED) is 0.836. The number of anilines is 1. The number of hydrogen-bond acceptors (Lipinski definition) is 2. The smallest absolute Gasteiger partial charge is 0.170 e. The van der Waals surface area contributed by atoms with Gasteiger partial charge in [0.1, 0.15) is 0 Å². The summed E-state index contributed by atoms with van der Waals surface area (Å²) < 4.78 is 5.53. The van der Waals surface area contributed by atoms with Crippen LogP contribution in [0, 0.1) is 6.92 Å². The lowest BCUT2D eigenvalue weighted by Crippen LogP contribution is -2.34. The highest BCUT2D eigenvalue weighted by Crippen LogP contribution is 2.20. The predicted molar refractivity (Wildman–Crippen MR) is 79.4 cm³/mol. The van der Waals surface area contributed by atoms with Crippen LogP contribution in [0.1, 0.15) is 18.4 Å². The first kappa shape index (κ1) is 13.6. The molecule has 1 aromatic rings. The van der Waals surface area contributed by atoms with Gasteiger partial charge in [0.05, 0.1) is 6.10 Å². The topological polar surface area (TPSA) is 33.3 Å². The van der Waals surface area contributed by atoms with Gasteiger partial charge in [-0.3, -0.25) is 0 Å². The lowest BCUT2D eigenvalue weighted by atomic mass is 10.2. The van der Waals surface area contributed by atoms with E-state index in [9.17, 15) is 0 Å². The van der Waals surface area contributed by atoms with E-state index in [1.54, 1.807) is 0 Å². The lowest BCUT2D eigenvalue weighted by molar-refractivity contribution is 0.114. The Bertz CT molecular complexity index is 433. The summed E-state index contributed by atoms with van der Waals surface area (Å²) in [4.78, 5) is 0. The Balaban J connectivity index is 1.84. The van der Waals surface area contributed by atoms with E-state index in [-0.39, 0.29) is 6.10 Å². The summed E-state index contributed by atoms with van der Waals surface area (Å²) in [7, 11) is 0. The summed E-state index contributed by atoms with van der Waals surface area (Å²) in [5, 5.41) is 7.63. The highest BCUT2D eigenvalue weighted by atomic mass is 35.5. The largest absolute Gasteiger partial charge is 0.376 e. The third kappa shape index (κ3) is 3.83. The second-order valence-electron chi connectivity index (χ2n) is 4.43. The molecule has 1 aliphatic heterocycles. The molecular weight excluding hydrogens is 268 g/mol. The number of aryl methyl sites for hydroxylation is 1. The molecular formula is C13H17ClN2OS. The van der Waals surface area contributed by atoms with E-state index >= 15 is 0 Å². The molecule has 0 spiro atoms. The Labute approximate surface area is 118 Å². The molecule has 0 aromatic heterocycles. The van der Waals surface area contributed by atoms with Crippen LogP contribution >= 0.6 is 23.8 Å². The molecule has 0 aliphatic carbocycles. The highest BCUT2D eigenvalue weighted by molar-refractivity contribution is 7.80. The van der Waals surface area contributed by atoms with Crippen molar-refractivity contribution in [3.8, 4) is 0 Å². The van der Waals surface area contributed by atoms with Gasteiger partial charge in [-0.1, -0.05) is 17.7 Å². The predicted octanol–water partition coefficient (Wildman–Crippen LogP) is 3.11. The fourth-order valence-corrected chi connectivity index (χ4v) is 2.27. The number of rotatable bonds is 3. The average molecular weight is 285 g/mol. The normalized spacial score (nSPS) is 18.7. The van der Waals surface area contributed by atoms with Crippen molar-refractivity contribution in [2.75, 3.05) is 18.5 Å². The maximum absolute atomic E-state index is 5.96. The molecule has 2 rings (SSSR count). The first-order valence-electron chi connectivity index (χ1n) is 6.08. The number of hydrogen-bond donors (Lipinski definition) is 2. The summed E-state index contributed by atoms with van der Waals surface area (Å²) in [6.07, 6.45) is 2.52. The first-order valence-corrected chi connectivity index (χ1v) is 6.86. The van der Waals surface area contributed by atoms with Crippen LogP contribution in [0.3, 0.4) is 0 Å². The van der Waals surface area contributed by atoms with Gasteiger partial charge >= 0.3 is 0 Å². The van der Waals surface area contributed by atoms with Crippen LogP contribution in [0.2, 0.25) is 5.02 Å². The van der Waals surface area contributed by atoms with E-state index in [4.69, 9.17) is 28.6 Å². The standard InChI is InChI=1S/C13H17ClN2OS/c1-9-4-5-10(14)7-12(9)16-13(18)15-8-11-3-2-6-17-11/h4-5,7,11H,2-3,6,8H2,1H3,(H2,15,16,18)/t11-/m1/s1. The summed E-state index contributed by atoms with van der Waals surface area (Å²) in [5.74, 6) is 0. The van der Waals surface area contributed by atoms with Crippen molar-refractivity contribution in [1.82, 2.24) is 5.32 Å². The van der Waals surface area contributed by atoms with Crippen molar-refractivity contribution >= 4 is 34.6 Å². The van der Waals surface area contributed by atoms with E-state index < -0.39 is 0 Å². The van der Waals surface area contributed by atoms with Crippen LogP contribution in [-0.4, -0.2) is 24.4 Å². The zero-order valence-electron chi connectivity index (χ0n) is 10.3. The molecule has 1 atom stereocenters. The van der Waals surface area contributed by atoms with Crippen LogP contribution in [0.15, 0.2) is 18.2 Å². The molecule has 1 saturated heterocycles. The van der Waals surface area contributed by atoms with Crippen molar-refractivity contribution < 1.29 is 4.74 Å². The summed E-state index contributed by atoms with van der Waals surface area (Å²) >= 11 is 11.2. The fourth-order valence-electron chi connectivity index (χ4n) is 1.91. The second kappa shape index (κ2) is 6.36. The molecule has 98 valence electrons. The third-order valence-corrected chi connectivity index (χ3v) is 3.44. The molecule has 1 aromatic carbocycles. The van der Waals surface area contributed by atoms with Crippen molar-refractivity contribution in [3.63, 3.8) is 0 Å². The van der Waals surface area contributed by atoms with Gasteiger partial charge in [0.25, 0.3) is 0 Å². The summed E-state index contributed by atoms with van der Waals surface area (Å²) in [5.41, 5.74) is 2.05. The maximum Gasteiger partial charge on any atom is 0.170 e. The number of nitrogens with one attached hydrogen (secondary N) is 2. The Morgan fingerprint density at radius 2 is 2.39 bits per heavy atom. The molecule has 0 unspecified atom stereocenters. The van der Waals surface area contributed by atoms with Crippen LogP contribution in [0.5, 0.6) is 0 Å². The van der Waals surface area contributed by atoms with Crippen molar-refractivity contribution in [2.24, 2.45) is 0 Å². The SMILES string of the molecule is Cc1ccc(Cl)cc1NC(=S)NC[C@H]1CCCO1. The molecule has 0 bridgehead atoms. The Hall–Kier alpha value is -0.840. The Morgan fingerprint density at radius 1 is 1.56 bits per heavy atom. The van der Waals surface area contributed by atoms with Gasteiger partial charge in [-0.2, -0.15) is 0 Å². The van der Waals surface area contributed by atoms with Gasteiger partial charge in [-0.15, -0.1) is 0 Å². The van der Waals surface area contributed by atoms with E-state index in [0.717, 1.165) is 37.2 Å². The van der Waals surface area contributed by atoms with Crippen LogP contribution in [0.25, 0.3) is 0 Å². The van der Waals surface area contributed by atoms with Gasteiger partial charge in [-0.25, -0.2) is 0 Å². The third-order valence-electron chi connectivity index (χ3n) is 2.96. The van der Waals surface area contributed by atoms with E-state index in [1.165, 1.54) is 0 Å². The minimum atomic E-state index is 0.283. The lowest BCUT2D eigenvalue weighted by Gasteiger charge is -2.15. The molecule has 1 heterocycles. The molecule has 18 heavy (non-hydrogen) atoms. The molecule has 1 fully saturated rings. The number of ether oxygens (including phenoxy) is 1. The summed E-state index contributed by atoms with van der Waals surface area (Å²) in [6.45, 7) is 3.63. The molecule has 0 saturated carbocycles. The van der Waals surface area contributed by atoms with E-state index in [0.29, 0.717) is 10.1 Å². The van der Waals surface area contributed by atoms with Crippen LogP contribution in [-0.2, 0) is 4.74 Å². The zero-order valence-corrected chi connectivity index (χ0v) is 11.9. The van der Waals surface area contributed by atoms with Gasteiger partial charge in [0, 0.05) is 23.9 Å². The first-order chi connectivity index (χ1) is 8.65. The molecule has 1 aliphatic rings. The molecule has 0 amide bonds. The Kier molecular flexibility index (Phi) is 4.80. The number of halogens is 1. The average Bonchev–Trinajstić information content (AvgIpc) is 2.84. The molecule has 2 N–H and O–H groups in total. The highest BCUT2D eigenvalue weighted by Gasteiger charge is 2.15. The molecule has 0 radical (unpaired) electrons.